The van der Waals surface area contributed by atoms with E-state index in [-0.39, 0.29) is 5.92 Å². The van der Waals surface area contributed by atoms with Crippen LogP contribution in [0.1, 0.15) is 59.3 Å². The standard InChI is InChI=1S/C12H26O2/c1-4-7-8-9-10(5-2)11(6-3)12(13)14/h10-14H,4-9H2,1-3H3. The monoisotopic (exact) mass is 202 g/mol. The molecule has 86 valence electrons. The van der Waals surface area contributed by atoms with Crippen LogP contribution in [-0.2, 0) is 0 Å². The number of aliphatic hydroxyl groups is 2. The number of unbranched alkanes of at least 4 members (excludes halogenated alkanes) is 2. The van der Waals surface area contributed by atoms with E-state index in [2.05, 4.69) is 13.8 Å². The number of aliphatic hydroxyl groups excluding tert-OH is 1. The lowest BCUT2D eigenvalue weighted by molar-refractivity contribution is -0.103. The summed E-state index contributed by atoms with van der Waals surface area (Å²) in [5.41, 5.74) is 0. The molecule has 0 aromatic carbocycles. The fraction of sp³-hybridized carbons (Fsp3) is 1.00. The number of hydrogen-bond donors (Lipinski definition) is 2. The molecule has 2 unspecified atom stereocenters. The van der Waals surface area contributed by atoms with Gasteiger partial charge in [0.1, 0.15) is 0 Å². The van der Waals surface area contributed by atoms with Crippen LogP contribution < -0.4 is 0 Å². The summed E-state index contributed by atoms with van der Waals surface area (Å²) in [5.74, 6) is 0.545. The summed E-state index contributed by atoms with van der Waals surface area (Å²) in [5, 5.41) is 18.5. The summed E-state index contributed by atoms with van der Waals surface area (Å²) < 4.78 is 0. The van der Waals surface area contributed by atoms with Gasteiger partial charge in [0.25, 0.3) is 0 Å². The molecule has 0 rings (SSSR count). The largest absolute Gasteiger partial charge is 0.368 e. The molecule has 2 atom stereocenters. The molecule has 0 saturated heterocycles. The summed E-state index contributed by atoms with van der Waals surface area (Å²) in [4.78, 5) is 0. The van der Waals surface area contributed by atoms with E-state index in [1.165, 1.54) is 19.3 Å². The second kappa shape index (κ2) is 8.25. The summed E-state index contributed by atoms with van der Waals surface area (Å²) in [6.45, 7) is 6.37. The Morgan fingerprint density at radius 2 is 1.57 bits per heavy atom. The van der Waals surface area contributed by atoms with Gasteiger partial charge < -0.3 is 10.2 Å². The van der Waals surface area contributed by atoms with Crippen molar-refractivity contribution in [2.24, 2.45) is 11.8 Å². The van der Waals surface area contributed by atoms with Crippen molar-refractivity contribution in [2.45, 2.75) is 65.6 Å². The third-order valence-electron chi connectivity index (χ3n) is 3.16. The molecular formula is C12H26O2. The van der Waals surface area contributed by atoms with Gasteiger partial charge in [-0.15, -0.1) is 0 Å². The summed E-state index contributed by atoms with van der Waals surface area (Å²) >= 11 is 0. The topological polar surface area (TPSA) is 40.5 Å². The van der Waals surface area contributed by atoms with E-state index in [4.69, 9.17) is 0 Å². The van der Waals surface area contributed by atoms with Gasteiger partial charge in [0.15, 0.2) is 6.29 Å². The SMILES string of the molecule is CCCCCC(CC)C(CC)C(O)O. The average Bonchev–Trinajstić information content (AvgIpc) is 2.16. The molecule has 0 amide bonds. The highest BCUT2D eigenvalue weighted by atomic mass is 16.5. The molecule has 0 aliphatic rings. The van der Waals surface area contributed by atoms with Gasteiger partial charge in [0, 0.05) is 5.92 Å². The molecule has 0 heterocycles. The molecule has 0 aromatic rings. The Morgan fingerprint density at radius 3 is 1.93 bits per heavy atom. The van der Waals surface area contributed by atoms with Gasteiger partial charge in [-0.1, -0.05) is 52.9 Å². The predicted octanol–water partition coefficient (Wildman–Crippen LogP) is 2.93. The molecule has 0 fully saturated rings. The van der Waals surface area contributed by atoms with Crippen LogP contribution in [0.5, 0.6) is 0 Å². The first-order valence-corrected chi connectivity index (χ1v) is 6.03. The highest BCUT2D eigenvalue weighted by molar-refractivity contribution is 4.69. The molecular weight excluding hydrogens is 176 g/mol. The molecule has 0 saturated carbocycles. The quantitative estimate of drug-likeness (QED) is 0.469. The molecule has 0 aliphatic heterocycles. The van der Waals surface area contributed by atoms with Gasteiger partial charge >= 0.3 is 0 Å². The van der Waals surface area contributed by atoms with Crippen molar-refractivity contribution in [3.63, 3.8) is 0 Å². The van der Waals surface area contributed by atoms with E-state index >= 15 is 0 Å². The maximum absolute atomic E-state index is 9.23. The minimum Gasteiger partial charge on any atom is -0.368 e. The zero-order chi connectivity index (χ0) is 11.0. The summed E-state index contributed by atoms with van der Waals surface area (Å²) in [7, 11) is 0. The van der Waals surface area contributed by atoms with E-state index in [9.17, 15) is 10.2 Å². The molecule has 0 radical (unpaired) electrons. The van der Waals surface area contributed by atoms with E-state index < -0.39 is 6.29 Å². The smallest absolute Gasteiger partial charge is 0.154 e. The number of rotatable bonds is 8. The van der Waals surface area contributed by atoms with Crippen molar-refractivity contribution in [3.8, 4) is 0 Å². The van der Waals surface area contributed by atoms with Crippen molar-refractivity contribution in [3.05, 3.63) is 0 Å². The van der Waals surface area contributed by atoms with E-state index in [1.807, 2.05) is 6.92 Å². The third-order valence-corrected chi connectivity index (χ3v) is 3.16. The van der Waals surface area contributed by atoms with Crippen LogP contribution in [0.2, 0.25) is 0 Å². The van der Waals surface area contributed by atoms with Crippen LogP contribution in [-0.4, -0.2) is 16.5 Å². The van der Waals surface area contributed by atoms with Crippen LogP contribution in [0.3, 0.4) is 0 Å². The van der Waals surface area contributed by atoms with Gasteiger partial charge in [-0.3, -0.25) is 0 Å². The fourth-order valence-corrected chi connectivity index (χ4v) is 2.17. The fourth-order valence-electron chi connectivity index (χ4n) is 2.17. The molecule has 14 heavy (non-hydrogen) atoms. The van der Waals surface area contributed by atoms with E-state index in [0.29, 0.717) is 5.92 Å². The molecule has 2 nitrogen and oxygen atoms in total. The Kier molecular flexibility index (Phi) is 8.20. The van der Waals surface area contributed by atoms with Gasteiger partial charge in [0.05, 0.1) is 0 Å². The zero-order valence-electron chi connectivity index (χ0n) is 9.87. The summed E-state index contributed by atoms with van der Waals surface area (Å²) in [6, 6.07) is 0. The number of hydrogen-bond acceptors (Lipinski definition) is 2. The third kappa shape index (κ3) is 4.97. The Labute approximate surface area is 88.3 Å². The predicted molar refractivity (Wildman–Crippen MR) is 59.9 cm³/mol. The summed E-state index contributed by atoms with van der Waals surface area (Å²) in [6.07, 6.45) is 5.64. The first-order valence-electron chi connectivity index (χ1n) is 6.03. The Bertz CT molecular complexity index is 123. The lowest BCUT2D eigenvalue weighted by Gasteiger charge is -2.26. The van der Waals surface area contributed by atoms with Crippen LogP contribution in [0.4, 0.5) is 0 Å². The lowest BCUT2D eigenvalue weighted by Crippen LogP contribution is -2.26. The molecule has 0 aliphatic carbocycles. The normalized spacial score (nSPS) is 15.9. The van der Waals surface area contributed by atoms with Gasteiger partial charge in [-0.2, -0.15) is 0 Å². The van der Waals surface area contributed by atoms with Crippen LogP contribution in [0.25, 0.3) is 0 Å². The van der Waals surface area contributed by atoms with Gasteiger partial charge in [0.2, 0.25) is 0 Å². The minimum atomic E-state index is -1.13. The average molecular weight is 202 g/mol. The first-order chi connectivity index (χ1) is 6.67. The van der Waals surface area contributed by atoms with Crippen LogP contribution in [0, 0.1) is 11.8 Å². The molecule has 0 aromatic heterocycles. The highest BCUT2D eigenvalue weighted by Crippen LogP contribution is 2.27. The van der Waals surface area contributed by atoms with Crippen molar-refractivity contribution in [1.29, 1.82) is 0 Å². The molecule has 2 heteroatoms. The van der Waals surface area contributed by atoms with Gasteiger partial charge in [-0.05, 0) is 12.3 Å². The Balaban J connectivity index is 3.95. The second-order valence-electron chi connectivity index (χ2n) is 4.15. The molecule has 0 bridgehead atoms. The Hall–Kier alpha value is -0.0800. The van der Waals surface area contributed by atoms with Crippen molar-refractivity contribution < 1.29 is 10.2 Å². The lowest BCUT2D eigenvalue weighted by atomic mass is 9.83. The highest BCUT2D eigenvalue weighted by Gasteiger charge is 2.23. The molecule has 2 N–H and O–H groups in total. The molecule has 0 spiro atoms. The zero-order valence-corrected chi connectivity index (χ0v) is 9.87. The minimum absolute atomic E-state index is 0.0665. The van der Waals surface area contributed by atoms with E-state index in [1.54, 1.807) is 0 Å². The van der Waals surface area contributed by atoms with Crippen LogP contribution >= 0.6 is 0 Å². The van der Waals surface area contributed by atoms with Crippen molar-refractivity contribution >= 4 is 0 Å². The maximum atomic E-state index is 9.23. The van der Waals surface area contributed by atoms with Gasteiger partial charge in [-0.25, -0.2) is 0 Å². The van der Waals surface area contributed by atoms with Crippen molar-refractivity contribution in [2.75, 3.05) is 0 Å². The van der Waals surface area contributed by atoms with Crippen molar-refractivity contribution in [1.82, 2.24) is 0 Å². The van der Waals surface area contributed by atoms with E-state index in [0.717, 1.165) is 19.3 Å². The Morgan fingerprint density at radius 1 is 0.929 bits per heavy atom. The maximum Gasteiger partial charge on any atom is 0.154 e. The van der Waals surface area contributed by atoms with Crippen LogP contribution in [0.15, 0.2) is 0 Å². The second-order valence-corrected chi connectivity index (χ2v) is 4.15. The first kappa shape index (κ1) is 13.9.